The molecule has 0 aromatic heterocycles. The Morgan fingerprint density at radius 1 is 1.00 bits per heavy atom. The number of alkyl halides is 3. The second-order valence-electron chi connectivity index (χ2n) is 8.26. The van der Waals surface area contributed by atoms with Crippen molar-refractivity contribution in [3.63, 3.8) is 0 Å². The zero-order valence-corrected chi connectivity index (χ0v) is 18.2. The van der Waals surface area contributed by atoms with E-state index in [0.717, 1.165) is 16.8 Å². The van der Waals surface area contributed by atoms with Gasteiger partial charge in [-0.25, -0.2) is 0 Å². The van der Waals surface area contributed by atoms with Gasteiger partial charge in [-0.3, -0.25) is 20.3 Å². The molecule has 9 heteroatoms. The van der Waals surface area contributed by atoms with Gasteiger partial charge >= 0.3 is 6.18 Å². The standard InChI is InChI=1S/C25H23F3N4O2/c26-25(27,28)21-14-17(22(33)31-24(29)30)8-9-19(21)16-10-12-32(13-11-16)23(34)20-7-3-5-15-4-1-2-6-18(15)20/h1-9,14,16H,10-13H2,(H4,29,30,31,33). The zero-order chi connectivity index (χ0) is 24.5. The first-order valence-electron chi connectivity index (χ1n) is 10.8. The average molecular weight is 468 g/mol. The van der Waals surface area contributed by atoms with Crippen LogP contribution in [0.15, 0.2) is 60.7 Å². The lowest BCUT2D eigenvalue weighted by Gasteiger charge is -2.33. The van der Waals surface area contributed by atoms with E-state index in [-0.39, 0.29) is 17.0 Å². The molecule has 0 spiro atoms. The average Bonchev–Trinajstić information content (AvgIpc) is 2.82. The summed E-state index contributed by atoms with van der Waals surface area (Å²) in [4.78, 5) is 26.9. The molecule has 3 aromatic rings. The summed E-state index contributed by atoms with van der Waals surface area (Å²) in [6, 6.07) is 16.5. The van der Waals surface area contributed by atoms with Crippen molar-refractivity contribution >= 4 is 28.5 Å². The summed E-state index contributed by atoms with van der Waals surface area (Å²) in [7, 11) is 0. The number of carbonyl (C=O) groups excluding carboxylic acids is 2. The minimum absolute atomic E-state index is 0.101. The van der Waals surface area contributed by atoms with Gasteiger partial charge in [0.1, 0.15) is 0 Å². The number of amides is 2. The van der Waals surface area contributed by atoms with Crippen molar-refractivity contribution < 1.29 is 22.8 Å². The van der Waals surface area contributed by atoms with Gasteiger partial charge in [0.15, 0.2) is 5.96 Å². The molecule has 3 aromatic carbocycles. The molecule has 1 heterocycles. The number of nitrogens with one attached hydrogen (secondary N) is 2. The van der Waals surface area contributed by atoms with Crippen LogP contribution in [0.3, 0.4) is 0 Å². The van der Waals surface area contributed by atoms with Crippen molar-refractivity contribution in [2.24, 2.45) is 5.73 Å². The molecule has 0 aliphatic carbocycles. The molecule has 0 bridgehead atoms. The van der Waals surface area contributed by atoms with Crippen LogP contribution in [0.25, 0.3) is 10.8 Å². The van der Waals surface area contributed by atoms with Crippen LogP contribution < -0.4 is 11.1 Å². The summed E-state index contributed by atoms with van der Waals surface area (Å²) >= 11 is 0. The maximum absolute atomic E-state index is 13.8. The highest BCUT2D eigenvalue weighted by molar-refractivity contribution is 6.07. The monoisotopic (exact) mass is 468 g/mol. The van der Waals surface area contributed by atoms with Gasteiger partial charge in [0, 0.05) is 24.2 Å². The number of hydrogen-bond donors (Lipinski definition) is 3. The van der Waals surface area contributed by atoms with Crippen LogP contribution in [0.5, 0.6) is 0 Å². The molecular weight excluding hydrogens is 445 g/mol. The third kappa shape index (κ3) is 4.73. The Morgan fingerprint density at radius 2 is 1.68 bits per heavy atom. The second kappa shape index (κ2) is 9.17. The highest BCUT2D eigenvalue weighted by atomic mass is 19.4. The number of carbonyl (C=O) groups is 2. The Hall–Kier alpha value is -3.88. The van der Waals surface area contributed by atoms with Gasteiger partial charge in [-0.2, -0.15) is 13.2 Å². The number of likely N-dealkylation sites (tertiary alicyclic amines) is 1. The fourth-order valence-corrected chi connectivity index (χ4v) is 4.47. The summed E-state index contributed by atoms with van der Waals surface area (Å²) < 4.78 is 41.5. The quantitative estimate of drug-likeness (QED) is 0.390. The van der Waals surface area contributed by atoms with E-state index in [1.165, 1.54) is 12.1 Å². The summed E-state index contributed by atoms with van der Waals surface area (Å²) in [5.74, 6) is -2.06. The van der Waals surface area contributed by atoms with Crippen LogP contribution >= 0.6 is 0 Å². The molecule has 0 radical (unpaired) electrons. The number of nitrogens with zero attached hydrogens (tertiary/aromatic N) is 1. The first kappa shape index (κ1) is 23.3. The molecule has 4 rings (SSSR count). The molecule has 1 saturated heterocycles. The smallest absolute Gasteiger partial charge is 0.370 e. The summed E-state index contributed by atoms with van der Waals surface area (Å²) in [5.41, 5.74) is 4.67. The lowest BCUT2D eigenvalue weighted by Crippen LogP contribution is -2.38. The molecule has 0 atom stereocenters. The molecule has 0 saturated carbocycles. The molecule has 4 N–H and O–H groups in total. The number of hydrogen-bond acceptors (Lipinski definition) is 3. The highest BCUT2D eigenvalue weighted by Crippen LogP contribution is 2.39. The molecular formula is C25H23F3N4O2. The van der Waals surface area contributed by atoms with Crippen molar-refractivity contribution in [3.8, 4) is 0 Å². The van der Waals surface area contributed by atoms with E-state index in [0.29, 0.717) is 31.5 Å². The number of benzene rings is 3. The second-order valence-corrected chi connectivity index (χ2v) is 8.26. The van der Waals surface area contributed by atoms with Gasteiger partial charge in [-0.15, -0.1) is 0 Å². The van der Waals surface area contributed by atoms with Crippen LogP contribution in [-0.2, 0) is 6.18 Å². The number of nitrogens with two attached hydrogens (primary N) is 1. The molecule has 176 valence electrons. The Morgan fingerprint density at radius 3 is 2.35 bits per heavy atom. The van der Waals surface area contributed by atoms with Gasteiger partial charge < -0.3 is 10.6 Å². The Kier molecular flexibility index (Phi) is 6.28. The lowest BCUT2D eigenvalue weighted by atomic mass is 9.85. The van der Waals surface area contributed by atoms with Crippen LogP contribution in [0.2, 0.25) is 0 Å². The Balaban J connectivity index is 1.54. The predicted octanol–water partition coefficient (Wildman–Crippen LogP) is 4.50. The van der Waals surface area contributed by atoms with Crippen molar-refractivity contribution in [3.05, 3.63) is 82.9 Å². The summed E-state index contributed by atoms with van der Waals surface area (Å²) in [6.45, 7) is 0.660. The van der Waals surface area contributed by atoms with Crippen LogP contribution in [-0.4, -0.2) is 35.8 Å². The number of piperidine rings is 1. The van der Waals surface area contributed by atoms with E-state index in [4.69, 9.17) is 11.1 Å². The maximum Gasteiger partial charge on any atom is 0.416 e. The number of guanidine groups is 1. The number of halogens is 3. The number of rotatable bonds is 3. The molecule has 34 heavy (non-hydrogen) atoms. The van der Waals surface area contributed by atoms with Gasteiger partial charge in [0.25, 0.3) is 11.8 Å². The molecule has 0 unspecified atom stereocenters. The zero-order valence-electron chi connectivity index (χ0n) is 18.2. The van der Waals surface area contributed by atoms with E-state index < -0.39 is 29.5 Å². The van der Waals surface area contributed by atoms with Crippen LogP contribution in [0, 0.1) is 5.41 Å². The van der Waals surface area contributed by atoms with Gasteiger partial charge in [-0.05, 0) is 53.3 Å². The number of fused-ring (bicyclic) bond motifs is 1. The summed E-state index contributed by atoms with van der Waals surface area (Å²) in [5, 5.41) is 10.9. The van der Waals surface area contributed by atoms with Gasteiger partial charge in [0.05, 0.1) is 5.56 Å². The lowest BCUT2D eigenvalue weighted by molar-refractivity contribution is -0.138. The summed E-state index contributed by atoms with van der Waals surface area (Å²) in [6.07, 6.45) is -3.91. The largest absolute Gasteiger partial charge is 0.416 e. The third-order valence-electron chi connectivity index (χ3n) is 6.11. The SMILES string of the molecule is N=C(N)NC(=O)c1ccc(C2CCN(C(=O)c3cccc4ccccc34)CC2)c(C(F)(F)F)c1. The minimum Gasteiger partial charge on any atom is -0.370 e. The van der Waals surface area contributed by atoms with Crippen molar-refractivity contribution in [2.45, 2.75) is 24.9 Å². The van der Waals surface area contributed by atoms with Crippen molar-refractivity contribution in [1.29, 1.82) is 5.41 Å². The third-order valence-corrected chi connectivity index (χ3v) is 6.11. The van der Waals surface area contributed by atoms with E-state index in [9.17, 15) is 22.8 Å². The van der Waals surface area contributed by atoms with Crippen LogP contribution in [0.4, 0.5) is 13.2 Å². The molecule has 2 amide bonds. The van der Waals surface area contributed by atoms with Crippen LogP contribution in [0.1, 0.15) is 50.6 Å². The van der Waals surface area contributed by atoms with Gasteiger partial charge in [0.2, 0.25) is 0 Å². The topological polar surface area (TPSA) is 99.3 Å². The molecule has 1 aliphatic heterocycles. The van der Waals surface area contributed by atoms with Gasteiger partial charge in [-0.1, -0.05) is 42.5 Å². The van der Waals surface area contributed by atoms with E-state index in [1.54, 1.807) is 11.0 Å². The molecule has 1 aliphatic rings. The normalized spacial score (nSPS) is 14.7. The minimum atomic E-state index is -4.66. The fraction of sp³-hybridized carbons (Fsp3) is 0.240. The van der Waals surface area contributed by atoms with E-state index >= 15 is 0 Å². The fourth-order valence-electron chi connectivity index (χ4n) is 4.47. The van der Waals surface area contributed by atoms with Crippen molar-refractivity contribution in [1.82, 2.24) is 10.2 Å². The Labute approximate surface area is 194 Å². The first-order chi connectivity index (χ1) is 16.1. The predicted molar refractivity (Wildman–Crippen MR) is 123 cm³/mol. The van der Waals surface area contributed by atoms with E-state index in [2.05, 4.69) is 0 Å². The van der Waals surface area contributed by atoms with Crippen molar-refractivity contribution in [2.75, 3.05) is 13.1 Å². The maximum atomic E-state index is 13.8. The highest BCUT2D eigenvalue weighted by Gasteiger charge is 2.37. The molecule has 1 fully saturated rings. The molecule has 6 nitrogen and oxygen atoms in total. The Bertz CT molecular complexity index is 1260. The first-order valence-corrected chi connectivity index (χ1v) is 10.8. The van der Waals surface area contributed by atoms with E-state index in [1.807, 2.05) is 41.7 Å².